The van der Waals surface area contributed by atoms with Crippen molar-refractivity contribution in [3.8, 4) is 5.75 Å². The number of rotatable bonds is 7. The van der Waals surface area contributed by atoms with Crippen molar-refractivity contribution in [2.45, 2.75) is 31.7 Å². The molecule has 2 heterocycles. The number of carboxylic acids is 1. The Labute approximate surface area is 200 Å². The number of pyridine rings is 1. The van der Waals surface area contributed by atoms with Crippen LogP contribution in [0.4, 0.5) is 0 Å². The molecule has 1 amide bonds. The van der Waals surface area contributed by atoms with Crippen molar-refractivity contribution < 1.29 is 19.4 Å². The number of hydrazone groups is 1. The zero-order valence-corrected chi connectivity index (χ0v) is 19.3. The molecule has 0 fully saturated rings. The Kier molecular flexibility index (Phi) is 6.81. The van der Waals surface area contributed by atoms with Crippen LogP contribution in [-0.4, -0.2) is 39.8 Å². The second kappa shape index (κ2) is 9.77. The molecule has 33 heavy (non-hydrogen) atoms. The number of carbonyl (C=O) groups excluding carboxylic acids is 1. The van der Waals surface area contributed by atoms with Crippen LogP contribution in [0.25, 0.3) is 10.9 Å². The van der Waals surface area contributed by atoms with Crippen LogP contribution < -0.4 is 4.74 Å². The molecule has 0 aliphatic carbocycles. The van der Waals surface area contributed by atoms with E-state index in [0.717, 1.165) is 10.9 Å². The van der Waals surface area contributed by atoms with Gasteiger partial charge in [-0.3, -0.25) is 9.59 Å². The van der Waals surface area contributed by atoms with Gasteiger partial charge in [-0.1, -0.05) is 35.3 Å². The smallest absolute Gasteiger partial charge is 0.303 e. The van der Waals surface area contributed by atoms with E-state index in [1.54, 1.807) is 25.3 Å². The summed E-state index contributed by atoms with van der Waals surface area (Å²) < 4.78 is 5.26. The van der Waals surface area contributed by atoms with Gasteiger partial charge in [0, 0.05) is 41.3 Å². The number of hydrogen-bond donors (Lipinski definition) is 1. The lowest BCUT2D eigenvalue weighted by Gasteiger charge is -2.23. The quantitative estimate of drug-likeness (QED) is 0.447. The standard InChI is InChI=1S/C24H21Cl2N3O4/c1-33-17-10-7-15-11-18(24(26)27-19(15)12-17)21-13-20(14-5-8-16(25)9-6-14)28-29(21)22(30)3-2-4-23(31)32/h5-12,21H,2-4,13H2,1H3,(H,31,32)/t21-/m1/s1. The van der Waals surface area contributed by atoms with Gasteiger partial charge in [0.25, 0.3) is 0 Å². The predicted molar refractivity (Wildman–Crippen MR) is 127 cm³/mol. The molecular formula is C24H21Cl2N3O4. The van der Waals surface area contributed by atoms with Gasteiger partial charge in [-0.2, -0.15) is 5.10 Å². The van der Waals surface area contributed by atoms with Gasteiger partial charge >= 0.3 is 5.97 Å². The highest BCUT2D eigenvalue weighted by Gasteiger charge is 2.34. The topological polar surface area (TPSA) is 92.1 Å². The van der Waals surface area contributed by atoms with Crippen molar-refractivity contribution in [3.63, 3.8) is 0 Å². The Morgan fingerprint density at radius 2 is 1.88 bits per heavy atom. The van der Waals surface area contributed by atoms with Gasteiger partial charge in [0.05, 0.1) is 24.4 Å². The van der Waals surface area contributed by atoms with Crippen LogP contribution in [-0.2, 0) is 9.59 Å². The van der Waals surface area contributed by atoms with Crippen molar-refractivity contribution in [1.82, 2.24) is 9.99 Å². The maximum absolute atomic E-state index is 13.0. The molecule has 0 unspecified atom stereocenters. The average Bonchev–Trinajstić information content (AvgIpc) is 3.23. The molecule has 0 bridgehead atoms. The van der Waals surface area contributed by atoms with Crippen molar-refractivity contribution >= 4 is 51.7 Å². The molecule has 4 rings (SSSR count). The molecule has 9 heteroatoms. The molecule has 1 N–H and O–H groups in total. The number of aromatic nitrogens is 1. The third-order valence-electron chi connectivity index (χ3n) is 5.49. The molecule has 3 aromatic rings. The summed E-state index contributed by atoms with van der Waals surface area (Å²) in [7, 11) is 1.58. The number of hydrogen-bond acceptors (Lipinski definition) is 5. The first-order valence-corrected chi connectivity index (χ1v) is 11.1. The van der Waals surface area contributed by atoms with Crippen molar-refractivity contribution in [1.29, 1.82) is 0 Å². The van der Waals surface area contributed by atoms with E-state index >= 15 is 0 Å². The summed E-state index contributed by atoms with van der Waals surface area (Å²) in [6.45, 7) is 0. The minimum Gasteiger partial charge on any atom is -0.497 e. The first kappa shape index (κ1) is 23.0. The fraction of sp³-hybridized carbons (Fsp3) is 0.250. The van der Waals surface area contributed by atoms with Crippen LogP contribution in [0, 0.1) is 0 Å². The Balaban J connectivity index is 1.69. The number of fused-ring (bicyclic) bond motifs is 1. The van der Waals surface area contributed by atoms with Gasteiger partial charge in [-0.05, 0) is 42.3 Å². The van der Waals surface area contributed by atoms with Gasteiger partial charge in [0.15, 0.2) is 0 Å². The minimum atomic E-state index is -0.941. The fourth-order valence-electron chi connectivity index (χ4n) is 3.81. The normalized spacial score (nSPS) is 15.5. The molecule has 0 radical (unpaired) electrons. The van der Waals surface area contributed by atoms with E-state index in [1.807, 2.05) is 30.3 Å². The molecule has 7 nitrogen and oxygen atoms in total. The number of methoxy groups -OCH3 is 1. The van der Waals surface area contributed by atoms with E-state index in [1.165, 1.54) is 5.01 Å². The molecule has 1 aliphatic heterocycles. The van der Waals surface area contributed by atoms with Crippen LogP contribution in [0.3, 0.4) is 0 Å². The summed E-state index contributed by atoms with van der Waals surface area (Å²) in [5.74, 6) is -0.539. The van der Waals surface area contributed by atoms with Crippen molar-refractivity contribution in [3.05, 3.63) is 69.8 Å². The van der Waals surface area contributed by atoms with E-state index in [4.69, 9.17) is 33.0 Å². The number of aliphatic carboxylic acids is 1. The Morgan fingerprint density at radius 1 is 1.12 bits per heavy atom. The van der Waals surface area contributed by atoms with Crippen LogP contribution in [0.5, 0.6) is 5.75 Å². The van der Waals surface area contributed by atoms with Gasteiger partial charge in [-0.15, -0.1) is 0 Å². The number of amides is 1. The summed E-state index contributed by atoms with van der Waals surface area (Å²) in [5, 5.41) is 16.6. The molecule has 2 aromatic carbocycles. The van der Waals surface area contributed by atoms with Gasteiger partial charge < -0.3 is 9.84 Å². The lowest BCUT2D eigenvalue weighted by atomic mass is 9.98. The summed E-state index contributed by atoms with van der Waals surface area (Å²) in [4.78, 5) is 28.4. The van der Waals surface area contributed by atoms with Gasteiger partial charge in [-0.25, -0.2) is 9.99 Å². The predicted octanol–water partition coefficient (Wildman–Crippen LogP) is 5.48. The molecule has 1 atom stereocenters. The lowest BCUT2D eigenvalue weighted by Crippen LogP contribution is -2.27. The molecule has 170 valence electrons. The van der Waals surface area contributed by atoms with Gasteiger partial charge in [0.2, 0.25) is 5.91 Å². The number of halogens is 2. The van der Waals surface area contributed by atoms with Gasteiger partial charge in [0.1, 0.15) is 10.9 Å². The third-order valence-corrected chi connectivity index (χ3v) is 6.04. The number of carbonyl (C=O) groups is 2. The molecule has 0 saturated carbocycles. The molecule has 0 spiro atoms. The van der Waals surface area contributed by atoms with Crippen LogP contribution in [0.2, 0.25) is 10.2 Å². The monoisotopic (exact) mass is 485 g/mol. The maximum Gasteiger partial charge on any atom is 0.303 e. The Morgan fingerprint density at radius 3 is 2.58 bits per heavy atom. The Hall–Kier alpha value is -3.16. The highest BCUT2D eigenvalue weighted by atomic mass is 35.5. The Bertz CT molecular complexity index is 1240. The summed E-state index contributed by atoms with van der Waals surface area (Å²) in [5.41, 5.74) is 2.92. The van der Waals surface area contributed by atoms with Crippen LogP contribution in [0.15, 0.2) is 53.6 Å². The lowest BCUT2D eigenvalue weighted by molar-refractivity contribution is -0.137. The summed E-state index contributed by atoms with van der Waals surface area (Å²) in [6, 6.07) is 14.2. The van der Waals surface area contributed by atoms with E-state index in [9.17, 15) is 9.59 Å². The summed E-state index contributed by atoms with van der Waals surface area (Å²) >= 11 is 12.6. The number of ether oxygens (including phenoxy) is 1. The molecular weight excluding hydrogens is 465 g/mol. The van der Waals surface area contributed by atoms with Crippen molar-refractivity contribution in [2.75, 3.05) is 7.11 Å². The maximum atomic E-state index is 13.0. The minimum absolute atomic E-state index is 0.0655. The highest BCUT2D eigenvalue weighted by Crippen LogP contribution is 2.38. The molecule has 1 aliphatic rings. The second-order valence-electron chi connectivity index (χ2n) is 7.69. The number of nitrogens with zero attached hydrogens (tertiary/aromatic N) is 3. The van der Waals surface area contributed by atoms with E-state index in [2.05, 4.69) is 10.1 Å². The summed E-state index contributed by atoms with van der Waals surface area (Å²) in [6.07, 6.45) is 0.649. The third kappa shape index (κ3) is 5.10. The zero-order chi connectivity index (χ0) is 23.5. The van der Waals surface area contributed by atoms with Crippen LogP contribution in [0.1, 0.15) is 42.9 Å². The van der Waals surface area contributed by atoms with Crippen molar-refractivity contribution in [2.24, 2.45) is 5.10 Å². The average molecular weight is 486 g/mol. The highest BCUT2D eigenvalue weighted by molar-refractivity contribution is 6.31. The SMILES string of the molecule is COc1ccc2cc([C@H]3CC(c4ccc(Cl)cc4)=NN3C(=O)CCCC(=O)O)c(Cl)nc2c1. The fourth-order valence-corrected chi connectivity index (χ4v) is 4.20. The van der Waals surface area contributed by atoms with E-state index < -0.39 is 12.0 Å². The number of carboxylic acid groups (broad SMARTS) is 1. The largest absolute Gasteiger partial charge is 0.497 e. The first-order chi connectivity index (χ1) is 15.9. The van der Waals surface area contributed by atoms with E-state index in [-0.39, 0.29) is 30.3 Å². The van der Waals surface area contributed by atoms with E-state index in [0.29, 0.717) is 34.0 Å². The first-order valence-electron chi connectivity index (χ1n) is 10.4. The molecule has 0 saturated heterocycles. The van der Waals surface area contributed by atoms with Crippen LogP contribution >= 0.6 is 23.2 Å². The second-order valence-corrected chi connectivity index (χ2v) is 8.48. The zero-order valence-electron chi connectivity index (χ0n) is 17.8. The molecule has 1 aromatic heterocycles. The number of benzene rings is 2.